The van der Waals surface area contributed by atoms with Gasteiger partial charge in [0.2, 0.25) is 5.91 Å². The fraction of sp³-hybridized carbons (Fsp3) is 0.500. The van der Waals surface area contributed by atoms with Crippen LogP contribution in [-0.4, -0.2) is 29.4 Å². The Labute approximate surface area is 141 Å². The molecule has 0 aromatic heterocycles. The van der Waals surface area contributed by atoms with Gasteiger partial charge in [-0.2, -0.15) is 0 Å². The van der Waals surface area contributed by atoms with Crippen molar-refractivity contribution in [1.82, 2.24) is 5.32 Å². The molecule has 1 aromatic carbocycles. The molecule has 0 heterocycles. The van der Waals surface area contributed by atoms with Crippen LogP contribution in [0, 0.1) is 11.8 Å². The minimum Gasteiger partial charge on any atom is -0.480 e. The lowest BCUT2D eigenvalue weighted by Gasteiger charge is -2.26. The van der Waals surface area contributed by atoms with Gasteiger partial charge in [-0.05, 0) is 48.9 Å². The number of hydrogen-bond donors (Lipinski definition) is 3. The van der Waals surface area contributed by atoms with Crippen LogP contribution in [0.4, 0.5) is 5.69 Å². The SMILES string of the molecule is CC1CCCC(CC(=O)Nc2ccc(C(=O)NCC(=O)O)cc2)C1. The summed E-state index contributed by atoms with van der Waals surface area (Å²) in [5, 5.41) is 13.7. The standard InChI is InChI=1S/C18H24N2O4/c1-12-3-2-4-13(9-12)10-16(21)20-15-7-5-14(6-8-15)18(24)19-11-17(22)23/h5-8,12-13H,2-4,9-11H2,1H3,(H,19,24)(H,20,21)(H,22,23). The summed E-state index contributed by atoms with van der Waals surface area (Å²) in [6, 6.07) is 6.43. The maximum atomic E-state index is 12.1. The molecule has 2 rings (SSSR count). The predicted molar refractivity (Wildman–Crippen MR) is 90.8 cm³/mol. The van der Waals surface area contributed by atoms with E-state index in [1.807, 2.05) is 0 Å². The van der Waals surface area contributed by atoms with Crippen LogP contribution >= 0.6 is 0 Å². The predicted octanol–water partition coefficient (Wildman–Crippen LogP) is 2.66. The van der Waals surface area contributed by atoms with Crippen molar-refractivity contribution in [1.29, 1.82) is 0 Å². The molecule has 1 aliphatic carbocycles. The second kappa shape index (κ2) is 8.47. The van der Waals surface area contributed by atoms with E-state index in [4.69, 9.17) is 5.11 Å². The van der Waals surface area contributed by atoms with Crippen molar-refractivity contribution < 1.29 is 19.5 Å². The van der Waals surface area contributed by atoms with E-state index < -0.39 is 18.4 Å². The Bertz CT molecular complexity index is 598. The number of amides is 2. The highest BCUT2D eigenvalue weighted by atomic mass is 16.4. The lowest BCUT2D eigenvalue weighted by Crippen LogP contribution is -2.29. The van der Waals surface area contributed by atoms with E-state index in [2.05, 4.69) is 17.6 Å². The van der Waals surface area contributed by atoms with Crippen molar-refractivity contribution >= 4 is 23.5 Å². The molecule has 6 nitrogen and oxygen atoms in total. The summed E-state index contributed by atoms with van der Waals surface area (Å²) in [6.45, 7) is 1.81. The highest BCUT2D eigenvalue weighted by molar-refractivity contribution is 5.97. The maximum absolute atomic E-state index is 12.1. The molecule has 0 radical (unpaired) electrons. The zero-order valence-corrected chi connectivity index (χ0v) is 13.9. The Morgan fingerprint density at radius 1 is 1.17 bits per heavy atom. The van der Waals surface area contributed by atoms with E-state index in [0.717, 1.165) is 12.8 Å². The summed E-state index contributed by atoms with van der Waals surface area (Å²) >= 11 is 0. The van der Waals surface area contributed by atoms with Crippen molar-refractivity contribution in [2.45, 2.75) is 39.0 Å². The number of nitrogens with one attached hydrogen (secondary N) is 2. The molecular formula is C18H24N2O4. The molecule has 2 atom stereocenters. The third kappa shape index (κ3) is 5.68. The summed E-state index contributed by atoms with van der Waals surface area (Å²) in [7, 11) is 0. The minimum absolute atomic E-state index is 0.00261. The molecule has 3 N–H and O–H groups in total. The van der Waals surface area contributed by atoms with Crippen LogP contribution in [-0.2, 0) is 9.59 Å². The summed E-state index contributed by atoms with van der Waals surface area (Å²) in [4.78, 5) is 34.3. The smallest absolute Gasteiger partial charge is 0.322 e. The first-order valence-electron chi connectivity index (χ1n) is 8.34. The van der Waals surface area contributed by atoms with Crippen molar-refractivity contribution in [3.8, 4) is 0 Å². The molecule has 1 aromatic rings. The zero-order valence-electron chi connectivity index (χ0n) is 13.9. The Morgan fingerprint density at radius 2 is 1.88 bits per heavy atom. The number of carboxylic acids is 1. The van der Waals surface area contributed by atoms with Crippen molar-refractivity contribution in [3.63, 3.8) is 0 Å². The highest BCUT2D eigenvalue weighted by Gasteiger charge is 2.21. The molecule has 1 fully saturated rings. The molecule has 1 aliphatic rings. The molecule has 0 aliphatic heterocycles. The highest BCUT2D eigenvalue weighted by Crippen LogP contribution is 2.30. The van der Waals surface area contributed by atoms with Gasteiger partial charge in [-0.1, -0.05) is 19.8 Å². The molecule has 24 heavy (non-hydrogen) atoms. The average Bonchev–Trinajstić information content (AvgIpc) is 2.53. The lowest BCUT2D eigenvalue weighted by atomic mass is 9.81. The largest absolute Gasteiger partial charge is 0.480 e. The number of hydrogen-bond acceptors (Lipinski definition) is 3. The maximum Gasteiger partial charge on any atom is 0.322 e. The van der Waals surface area contributed by atoms with Gasteiger partial charge >= 0.3 is 5.97 Å². The molecule has 2 amide bonds. The Hall–Kier alpha value is -2.37. The van der Waals surface area contributed by atoms with Crippen LogP contribution < -0.4 is 10.6 Å². The normalized spacial score (nSPS) is 20.2. The number of anilines is 1. The number of carbonyl (C=O) groups excluding carboxylic acids is 2. The van der Waals surface area contributed by atoms with E-state index in [0.29, 0.717) is 29.5 Å². The first kappa shape index (κ1) is 18.0. The molecule has 130 valence electrons. The van der Waals surface area contributed by atoms with E-state index in [-0.39, 0.29) is 5.91 Å². The van der Waals surface area contributed by atoms with Crippen LogP contribution in [0.15, 0.2) is 24.3 Å². The van der Waals surface area contributed by atoms with Gasteiger partial charge in [0.25, 0.3) is 5.91 Å². The van der Waals surface area contributed by atoms with Gasteiger partial charge in [0.1, 0.15) is 6.54 Å². The third-order valence-corrected chi connectivity index (χ3v) is 4.35. The number of carbonyl (C=O) groups is 3. The van der Waals surface area contributed by atoms with Crippen LogP contribution in [0.3, 0.4) is 0 Å². The van der Waals surface area contributed by atoms with Crippen molar-refractivity contribution in [2.75, 3.05) is 11.9 Å². The quantitative estimate of drug-likeness (QED) is 0.746. The van der Waals surface area contributed by atoms with E-state index in [1.165, 1.54) is 12.8 Å². The van der Waals surface area contributed by atoms with Crippen molar-refractivity contribution in [3.05, 3.63) is 29.8 Å². The average molecular weight is 332 g/mol. The van der Waals surface area contributed by atoms with Crippen LogP contribution in [0.5, 0.6) is 0 Å². The first-order chi connectivity index (χ1) is 11.4. The Balaban J connectivity index is 1.83. The lowest BCUT2D eigenvalue weighted by molar-refractivity contribution is -0.135. The van der Waals surface area contributed by atoms with E-state index >= 15 is 0 Å². The number of carboxylic acid groups (broad SMARTS) is 1. The summed E-state index contributed by atoms with van der Waals surface area (Å²) < 4.78 is 0. The molecule has 0 bridgehead atoms. The zero-order chi connectivity index (χ0) is 17.5. The molecule has 0 saturated heterocycles. The van der Waals surface area contributed by atoms with Gasteiger partial charge in [-0.3, -0.25) is 14.4 Å². The number of aliphatic carboxylic acids is 1. The van der Waals surface area contributed by atoms with Gasteiger partial charge < -0.3 is 15.7 Å². The monoisotopic (exact) mass is 332 g/mol. The van der Waals surface area contributed by atoms with Crippen LogP contribution in [0.1, 0.15) is 49.4 Å². The fourth-order valence-corrected chi connectivity index (χ4v) is 3.18. The molecule has 0 spiro atoms. The fourth-order valence-electron chi connectivity index (χ4n) is 3.18. The number of rotatable bonds is 6. The second-order valence-corrected chi connectivity index (χ2v) is 6.54. The van der Waals surface area contributed by atoms with Gasteiger partial charge in [0, 0.05) is 17.7 Å². The van der Waals surface area contributed by atoms with E-state index in [1.54, 1.807) is 24.3 Å². The van der Waals surface area contributed by atoms with E-state index in [9.17, 15) is 14.4 Å². The van der Waals surface area contributed by atoms with Crippen LogP contribution in [0.2, 0.25) is 0 Å². The topological polar surface area (TPSA) is 95.5 Å². The minimum atomic E-state index is -1.09. The summed E-state index contributed by atoms with van der Waals surface area (Å²) in [5.74, 6) is -0.400. The molecule has 2 unspecified atom stereocenters. The molecule has 1 saturated carbocycles. The third-order valence-electron chi connectivity index (χ3n) is 4.35. The van der Waals surface area contributed by atoms with Crippen LogP contribution in [0.25, 0.3) is 0 Å². The molecular weight excluding hydrogens is 308 g/mol. The van der Waals surface area contributed by atoms with Gasteiger partial charge in [0.05, 0.1) is 0 Å². The van der Waals surface area contributed by atoms with Crippen molar-refractivity contribution in [2.24, 2.45) is 11.8 Å². The second-order valence-electron chi connectivity index (χ2n) is 6.54. The summed E-state index contributed by atoms with van der Waals surface area (Å²) in [5.41, 5.74) is 0.994. The molecule has 6 heteroatoms. The Kier molecular flexibility index (Phi) is 6.35. The van der Waals surface area contributed by atoms with Gasteiger partial charge in [-0.15, -0.1) is 0 Å². The number of benzene rings is 1. The first-order valence-corrected chi connectivity index (χ1v) is 8.34. The van der Waals surface area contributed by atoms with Gasteiger partial charge in [-0.25, -0.2) is 0 Å². The van der Waals surface area contributed by atoms with Gasteiger partial charge in [0.15, 0.2) is 0 Å². The summed E-state index contributed by atoms with van der Waals surface area (Å²) in [6.07, 6.45) is 5.20. The Morgan fingerprint density at radius 3 is 2.50 bits per heavy atom.